The van der Waals surface area contributed by atoms with Crippen LogP contribution < -0.4 is 5.73 Å². The minimum absolute atomic E-state index is 0. The first-order chi connectivity index (χ1) is 8.62. The molecule has 0 saturated carbocycles. The van der Waals surface area contributed by atoms with Crippen molar-refractivity contribution in [1.82, 2.24) is 0 Å². The lowest BCUT2D eigenvalue weighted by Gasteiger charge is -2.21. The van der Waals surface area contributed by atoms with E-state index in [-0.39, 0.29) is 23.9 Å². The summed E-state index contributed by atoms with van der Waals surface area (Å²) in [5.74, 6) is -1.19. The summed E-state index contributed by atoms with van der Waals surface area (Å²) in [6, 6.07) is 1.58. The van der Waals surface area contributed by atoms with Crippen LogP contribution in [0.15, 0.2) is 18.2 Å². The zero-order valence-electron chi connectivity index (χ0n) is 11.1. The van der Waals surface area contributed by atoms with E-state index in [1.54, 1.807) is 0 Å². The van der Waals surface area contributed by atoms with Crippen LogP contribution >= 0.6 is 12.4 Å². The molecule has 0 aliphatic carbocycles. The second kappa shape index (κ2) is 7.24. The normalized spacial score (nSPS) is 14.8. The quantitative estimate of drug-likeness (QED) is 0.833. The van der Waals surface area contributed by atoms with Gasteiger partial charge < -0.3 is 10.8 Å². The summed E-state index contributed by atoms with van der Waals surface area (Å²) in [7, 11) is 0. The van der Waals surface area contributed by atoms with Crippen molar-refractivity contribution in [2.75, 3.05) is 0 Å². The van der Waals surface area contributed by atoms with E-state index in [0.29, 0.717) is 12.5 Å². The maximum absolute atomic E-state index is 13.1. The molecule has 0 aromatic heterocycles. The van der Waals surface area contributed by atoms with Gasteiger partial charge in [-0.25, -0.2) is 4.39 Å². The first-order valence-electron chi connectivity index (χ1n) is 5.93. The van der Waals surface area contributed by atoms with Gasteiger partial charge >= 0.3 is 6.18 Å². The second-order valence-electron chi connectivity index (χ2n) is 4.96. The highest BCUT2D eigenvalue weighted by Gasteiger charge is 2.35. The van der Waals surface area contributed by atoms with Crippen molar-refractivity contribution in [3.05, 3.63) is 35.1 Å². The number of nitrogens with two attached hydrogens (primary N) is 1. The van der Waals surface area contributed by atoms with Gasteiger partial charge in [0.15, 0.2) is 0 Å². The molecule has 1 rings (SSSR count). The summed E-state index contributed by atoms with van der Waals surface area (Å²) in [5, 5.41) is 9.80. The van der Waals surface area contributed by atoms with Crippen molar-refractivity contribution in [3.63, 3.8) is 0 Å². The Labute approximate surface area is 121 Å². The summed E-state index contributed by atoms with van der Waals surface area (Å²) < 4.78 is 50.8. The molecule has 0 aliphatic rings. The molecular formula is C13H18ClF4NO. The summed E-state index contributed by atoms with van der Waals surface area (Å²) in [5.41, 5.74) is 4.42. The van der Waals surface area contributed by atoms with E-state index >= 15 is 0 Å². The van der Waals surface area contributed by atoms with Gasteiger partial charge in [0, 0.05) is 0 Å². The van der Waals surface area contributed by atoms with E-state index in [1.165, 1.54) is 6.07 Å². The molecule has 2 atom stereocenters. The predicted octanol–water partition coefficient (Wildman–Crippen LogP) is 3.67. The van der Waals surface area contributed by atoms with E-state index in [1.807, 2.05) is 13.8 Å². The summed E-state index contributed by atoms with van der Waals surface area (Å²) in [4.78, 5) is 0. The molecule has 7 heteroatoms. The van der Waals surface area contributed by atoms with Crippen LogP contribution in [0.4, 0.5) is 17.6 Å². The van der Waals surface area contributed by atoms with Gasteiger partial charge in [0.1, 0.15) is 5.82 Å². The molecule has 0 amide bonds. The molecular weight excluding hydrogens is 298 g/mol. The minimum atomic E-state index is -4.77. The average Bonchev–Trinajstić information content (AvgIpc) is 2.26. The molecule has 0 aliphatic heterocycles. The molecule has 2 nitrogen and oxygen atoms in total. The van der Waals surface area contributed by atoms with E-state index in [4.69, 9.17) is 5.73 Å². The highest BCUT2D eigenvalue weighted by molar-refractivity contribution is 5.85. The number of rotatable bonds is 4. The fraction of sp³-hybridized carbons (Fsp3) is 0.538. The van der Waals surface area contributed by atoms with Gasteiger partial charge in [-0.15, -0.1) is 12.4 Å². The number of hydrogen-bond donors (Lipinski definition) is 2. The van der Waals surface area contributed by atoms with Gasteiger partial charge in [-0.3, -0.25) is 0 Å². The zero-order valence-corrected chi connectivity index (χ0v) is 11.9. The molecule has 116 valence electrons. The number of benzene rings is 1. The predicted molar refractivity (Wildman–Crippen MR) is 71.0 cm³/mol. The molecule has 0 heterocycles. The molecule has 20 heavy (non-hydrogen) atoms. The molecule has 0 fully saturated rings. The molecule has 1 aromatic carbocycles. The van der Waals surface area contributed by atoms with E-state index in [9.17, 15) is 22.7 Å². The van der Waals surface area contributed by atoms with Gasteiger partial charge in [-0.2, -0.15) is 13.2 Å². The highest BCUT2D eigenvalue weighted by atomic mass is 35.5. The Morgan fingerprint density at radius 2 is 1.80 bits per heavy atom. The lowest BCUT2D eigenvalue weighted by molar-refractivity contribution is -0.140. The van der Waals surface area contributed by atoms with Crippen molar-refractivity contribution < 1.29 is 22.7 Å². The van der Waals surface area contributed by atoms with Crippen molar-refractivity contribution in [2.24, 2.45) is 11.7 Å². The summed E-state index contributed by atoms with van der Waals surface area (Å²) in [6.07, 6.45) is -5.38. The zero-order chi connectivity index (χ0) is 14.8. The number of aliphatic hydroxyl groups is 1. The Kier molecular flexibility index (Phi) is 6.93. The minimum Gasteiger partial charge on any atom is -0.391 e. The van der Waals surface area contributed by atoms with Crippen molar-refractivity contribution in [1.29, 1.82) is 0 Å². The first-order valence-corrected chi connectivity index (χ1v) is 5.93. The monoisotopic (exact) mass is 315 g/mol. The van der Waals surface area contributed by atoms with Crippen LogP contribution in [0.2, 0.25) is 0 Å². The summed E-state index contributed by atoms with van der Waals surface area (Å²) in [6.45, 7) is 3.73. The second-order valence-corrected chi connectivity index (χ2v) is 4.96. The third kappa shape index (κ3) is 4.92. The highest BCUT2D eigenvalue weighted by Crippen LogP contribution is 2.33. The SMILES string of the molecule is CC(C)C[C@H](O)[C@H](N)c1ccc(F)c(C(F)(F)F)c1.Cl. The van der Waals surface area contributed by atoms with E-state index < -0.39 is 29.7 Å². The number of aliphatic hydroxyl groups excluding tert-OH is 1. The number of halogens is 5. The fourth-order valence-corrected chi connectivity index (χ4v) is 1.82. The van der Waals surface area contributed by atoms with Gasteiger partial charge in [-0.05, 0) is 30.0 Å². The Bertz CT molecular complexity index is 437. The maximum Gasteiger partial charge on any atom is 0.419 e. The number of hydrogen-bond acceptors (Lipinski definition) is 2. The van der Waals surface area contributed by atoms with Crippen molar-refractivity contribution in [3.8, 4) is 0 Å². The van der Waals surface area contributed by atoms with Crippen LogP contribution in [0.3, 0.4) is 0 Å². The van der Waals surface area contributed by atoms with Crippen molar-refractivity contribution in [2.45, 2.75) is 38.6 Å². The Balaban J connectivity index is 0.00000361. The Hall–Kier alpha value is -0.850. The third-order valence-electron chi connectivity index (χ3n) is 2.81. The maximum atomic E-state index is 13.1. The van der Waals surface area contributed by atoms with Gasteiger partial charge in [-0.1, -0.05) is 19.9 Å². The Morgan fingerprint density at radius 1 is 1.25 bits per heavy atom. The van der Waals surface area contributed by atoms with Crippen LogP contribution in [0.25, 0.3) is 0 Å². The lowest BCUT2D eigenvalue weighted by Crippen LogP contribution is -2.28. The van der Waals surface area contributed by atoms with Crippen molar-refractivity contribution >= 4 is 12.4 Å². The molecule has 0 bridgehead atoms. The van der Waals surface area contributed by atoms with Crippen LogP contribution in [-0.4, -0.2) is 11.2 Å². The van der Waals surface area contributed by atoms with Crippen LogP contribution in [0.1, 0.15) is 37.4 Å². The fourth-order valence-electron chi connectivity index (χ4n) is 1.82. The summed E-state index contributed by atoms with van der Waals surface area (Å²) >= 11 is 0. The van der Waals surface area contributed by atoms with Gasteiger partial charge in [0.2, 0.25) is 0 Å². The third-order valence-corrected chi connectivity index (χ3v) is 2.81. The van der Waals surface area contributed by atoms with Gasteiger partial charge in [0.25, 0.3) is 0 Å². The topological polar surface area (TPSA) is 46.2 Å². The van der Waals surface area contributed by atoms with Crippen LogP contribution in [0.5, 0.6) is 0 Å². The van der Waals surface area contributed by atoms with Gasteiger partial charge in [0.05, 0.1) is 17.7 Å². The molecule has 0 unspecified atom stereocenters. The molecule has 1 aromatic rings. The molecule has 3 N–H and O–H groups in total. The Morgan fingerprint density at radius 3 is 2.25 bits per heavy atom. The van der Waals surface area contributed by atoms with Crippen LogP contribution in [-0.2, 0) is 6.18 Å². The lowest BCUT2D eigenvalue weighted by atomic mass is 9.94. The smallest absolute Gasteiger partial charge is 0.391 e. The van der Waals surface area contributed by atoms with E-state index in [2.05, 4.69) is 0 Å². The molecule has 0 radical (unpaired) electrons. The molecule has 0 saturated heterocycles. The van der Waals surface area contributed by atoms with Crippen LogP contribution in [0, 0.1) is 11.7 Å². The van der Waals surface area contributed by atoms with E-state index in [0.717, 1.165) is 6.07 Å². The first kappa shape index (κ1) is 19.1. The average molecular weight is 316 g/mol. The molecule has 0 spiro atoms. The largest absolute Gasteiger partial charge is 0.419 e. The standard InChI is InChI=1S/C13H17F4NO.ClH/c1-7(2)5-11(19)12(18)8-3-4-10(14)9(6-8)13(15,16)17;/h3-4,6-7,11-12,19H,5,18H2,1-2H3;1H/t11-,12+;/m0./s1. The number of alkyl halides is 3.